The first-order chi connectivity index (χ1) is 12.9. The summed E-state index contributed by atoms with van der Waals surface area (Å²) in [5, 5.41) is 7.81. The molecule has 1 aromatic carbocycles. The smallest absolute Gasteiger partial charge is 0.129 e. The Labute approximate surface area is 151 Å². The molecule has 3 aromatic rings. The number of hydrogen-bond donors (Lipinski definition) is 0. The van der Waals surface area contributed by atoms with Crippen molar-refractivity contribution in [2.45, 2.75) is 0 Å². The van der Waals surface area contributed by atoms with Gasteiger partial charge < -0.3 is 9.64 Å². The maximum atomic E-state index is 5.43. The van der Waals surface area contributed by atoms with Crippen molar-refractivity contribution in [1.82, 2.24) is 15.2 Å². The van der Waals surface area contributed by atoms with E-state index in [0.29, 0.717) is 0 Å². The fraction of sp³-hybridized carbons (Fsp3) is 0.200. The monoisotopic (exact) mass is 343 g/mol. The molecule has 2 aromatic heterocycles. The van der Waals surface area contributed by atoms with Gasteiger partial charge in [0.1, 0.15) is 5.82 Å². The highest BCUT2D eigenvalue weighted by molar-refractivity contribution is 6.22. The lowest BCUT2D eigenvalue weighted by molar-refractivity contribution is 0.122. The second-order valence-electron chi connectivity index (χ2n) is 6.33. The Hall–Kier alpha value is -3.12. The Kier molecular flexibility index (Phi) is 3.68. The van der Waals surface area contributed by atoms with Crippen molar-refractivity contribution in [3.05, 3.63) is 66.1 Å². The molecule has 0 unspecified atom stereocenters. The molecule has 0 atom stereocenters. The van der Waals surface area contributed by atoms with Crippen molar-refractivity contribution in [2.75, 3.05) is 31.2 Å². The van der Waals surface area contributed by atoms with Gasteiger partial charge in [0.2, 0.25) is 0 Å². The first kappa shape index (κ1) is 15.2. The van der Waals surface area contributed by atoms with Gasteiger partial charge in [0.15, 0.2) is 0 Å². The number of anilines is 1. The van der Waals surface area contributed by atoms with Crippen LogP contribution in [0.15, 0.2) is 60.0 Å². The van der Waals surface area contributed by atoms with Gasteiger partial charge in [-0.25, -0.2) is 9.98 Å². The summed E-state index contributed by atoms with van der Waals surface area (Å²) in [7, 11) is 0. The molecule has 0 radical (unpaired) electrons. The van der Waals surface area contributed by atoms with Crippen LogP contribution >= 0.6 is 0 Å². The van der Waals surface area contributed by atoms with E-state index >= 15 is 0 Å². The lowest BCUT2D eigenvalue weighted by Crippen LogP contribution is -2.36. The van der Waals surface area contributed by atoms with E-state index in [0.717, 1.165) is 60.2 Å². The quantitative estimate of drug-likeness (QED) is 0.572. The number of aliphatic imine (C=N–C) groups is 1. The van der Waals surface area contributed by atoms with E-state index in [1.54, 1.807) is 12.4 Å². The summed E-state index contributed by atoms with van der Waals surface area (Å²) in [6, 6.07) is 12.4. The van der Waals surface area contributed by atoms with Crippen LogP contribution in [-0.2, 0) is 4.74 Å². The molecular formula is C20H17N5O. The van der Waals surface area contributed by atoms with Crippen molar-refractivity contribution >= 4 is 17.2 Å². The van der Waals surface area contributed by atoms with E-state index in [1.165, 1.54) is 5.56 Å². The van der Waals surface area contributed by atoms with Gasteiger partial charge in [0.05, 0.1) is 37.0 Å². The Balaban J connectivity index is 1.46. The van der Waals surface area contributed by atoms with Crippen LogP contribution in [0.25, 0.3) is 11.1 Å². The van der Waals surface area contributed by atoms with Crippen molar-refractivity contribution < 1.29 is 4.74 Å². The summed E-state index contributed by atoms with van der Waals surface area (Å²) < 4.78 is 5.43. The van der Waals surface area contributed by atoms with Crippen LogP contribution in [0.5, 0.6) is 0 Å². The minimum absolute atomic E-state index is 0.749. The van der Waals surface area contributed by atoms with E-state index < -0.39 is 0 Å². The number of pyridine rings is 1. The van der Waals surface area contributed by atoms with E-state index in [2.05, 4.69) is 44.3 Å². The van der Waals surface area contributed by atoms with Crippen molar-refractivity contribution in [3.8, 4) is 11.1 Å². The van der Waals surface area contributed by atoms with Gasteiger partial charge >= 0.3 is 0 Å². The van der Waals surface area contributed by atoms with Gasteiger partial charge in [0.25, 0.3) is 0 Å². The average molecular weight is 343 g/mol. The third kappa shape index (κ3) is 2.64. The van der Waals surface area contributed by atoms with Gasteiger partial charge in [-0.05, 0) is 35.9 Å². The van der Waals surface area contributed by atoms with E-state index in [9.17, 15) is 0 Å². The number of morpholine rings is 1. The molecule has 0 amide bonds. The van der Waals surface area contributed by atoms with Gasteiger partial charge in [-0.3, -0.25) is 0 Å². The fourth-order valence-corrected chi connectivity index (χ4v) is 3.34. The van der Waals surface area contributed by atoms with Crippen LogP contribution in [0.3, 0.4) is 0 Å². The van der Waals surface area contributed by atoms with Gasteiger partial charge in [-0.15, -0.1) is 0 Å². The SMILES string of the molecule is c1cc(-c2ccc3c(c2)C(c2ccnc(N4CCOCC4)c2)=N3)cnn1. The summed E-state index contributed by atoms with van der Waals surface area (Å²) in [5.74, 6) is 0.983. The van der Waals surface area contributed by atoms with Crippen LogP contribution in [0.4, 0.5) is 11.5 Å². The third-order valence-electron chi connectivity index (χ3n) is 4.76. The topological polar surface area (TPSA) is 63.5 Å². The van der Waals surface area contributed by atoms with Crippen molar-refractivity contribution in [1.29, 1.82) is 0 Å². The molecule has 6 nitrogen and oxygen atoms in total. The lowest BCUT2D eigenvalue weighted by atomic mass is 9.93. The molecule has 0 spiro atoms. The predicted molar refractivity (Wildman–Crippen MR) is 100 cm³/mol. The molecule has 4 heterocycles. The van der Waals surface area contributed by atoms with Crippen LogP contribution in [0.2, 0.25) is 0 Å². The number of benzene rings is 1. The molecule has 5 rings (SSSR count). The molecule has 2 aliphatic heterocycles. The maximum Gasteiger partial charge on any atom is 0.129 e. The van der Waals surface area contributed by atoms with Gasteiger partial charge in [-0.1, -0.05) is 6.07 Å². The zero-order valence-electron chi connectivity index (χ0n) is 14.2. The minimum atomic E-state index is 0.749. The third-order valence-corrected chi connectivity index (χ3v) is 4.76. The molecule has 1 fully saturated rings. The summed E-state index contributed by atoms with van der Waals surface area (Å²) >= 11 is 0. The van der Waals surface area contributed by atoms with E-state index in [-0.39, 0.29) is 0 Å². The van der Waals surface area contributed by atoms with Gasteiger partial charge in [-0.2, -0.15) is 10.2 Å². The van der Waals surface area contributed by atoms with Crippen LogP contribution in [0.1, 0.15) is 11.1 Å². The summed E-state index contributed by atoms with van der Waals surface area (Å²) in [6.45, 7) is 3.25. The van der Waals surface area contributed by atoms with Crippen molar-refractivity contribution in [3.63, 3.8) is 0 Å². The van der Waals surface area contributed by atoms with Crippen LogP contribution in [-0.4, -0.2) is 47.2 Å². The summed E-state index contributed by atoms with van der Waals surface area (Å²) in [4.78, 5) is 11.5. The van der Waals surface area contributed by atoms with Crippen LogP contribution in [0, 0.1) is 0 Å². The fourth-order valence-electron chi connectivity index (χ4n) is 3.34. The number of rotatable bonds is 3. The molecule has 6 heteroatoms. The molecule has 0 N–H and O–H groups in total. The molecule has 1 saturated heterocycles. The number of nitrogens with zero attached hydrogens (tertiary/aromatic N) is 5. The van der Waals surface area contributed by atoms with E-state index in [1.807, 2.05) is 18.3 Å². The minimum Gasteiger partial charge on any atom is -0.378 e. The summed E-state index contributed by atoms with van der Waals surface area (Å²) in [6.07, 6.45) is 5.35. The molecule has 128 valence electrons. The molecule has 0 bridgehead atoms. The second kappa shape index (κ2) is 6.31. The molecular weight excluding hydrogens is 326 g/mol. The average Bonchev–Trinajstić information content (AvgIpc) is 2.70. The first-order valence-electron chi connectivity index (χ1n) is 8.68. The second-order valence-corrected chi connectivity index (χ2v) is 6.33. The standard InChI is InChI=1S/C20H17N5O/c1-2-18-17(11-14(1)16-4-6-22-23-13-16)20(24-18)15-3-5-21-19(12-15)25-7-9-26-10-8-25/h1-6,11-13H,7-10H2. The Morgan fingerprint density at radius 1 is 0.846 bits per heavy atom. The number of ether oxygens (including phenoxy) is 1. The largest absolute Gasteiger partial charge is 0.378 e. The van der Waals surface area contributed by atoms with Crippen LogP contribution < -0.4 is 4.90 Å². The number of fused-ring (bicyclic) bond motifs is 1. The Bertz CT molecular complexity index is 981. The normalized spacial score (nSPS) is 15.8. The lowest BCUT2D eigenvalue weighted by Gasteiger charge is -2.28. The zero-order chi connectivity index (χ0) is 17.3. The molecule has 26 heavy (non-hydrogen) atoms. The Morgan fingerprint density at radius 3 is 2.58 bits per heavy atom. The highest BCUT2D eigenvalue weighted by atomic mass is 16.5. The highest BCUT2D eigenvalue weighted by Gasteiger charge is 2.22. The molecule has 0 aliphatic carbocycles. The van der Waals surface area contributed by atoms with Gasteiger partial charge in [0, 0.05) is 36.0 Å². The first-order valence-corrected chi connectivity index (χ1v) is 8.68. The zero-order valence-corrected chi connectivity index (χ0v) is 14.2. The number of aromatic nitrogens is 3. The highest BCUT2D eigenvalue weighted by Crippen LogP contribution is 2.36. The van der Waals surface area contributed by atoms with Crippen molar-refractivity contribution in [2.24, 2.45) is 4.99 Å². The predicted octanol–water partition coefficient (Wildman–Crippen LogP) is 2.86. The molecule has 0 saturated carbocycles. The molecule has 2 aliphatic rings. The number of hydrogen-bond acceptors (Lipinski definition) is 6. The Morgan fingerprint density at radius 2 is 1.73 bits per heavy atom. The summed E-state index contributed by atoms with van der Waals surface area (Å²) in [5.41, 5.74) is 6.47. The van der Waals surface area contributed by atoms with E-state index in [4.69, 9.17) is 9.73 Å². The maximum absolute atomic E-state index is 5.43.